The van der Waals surface area contributed by atoms with Crippen LogP contribution in [-0.2, 0) is 6.42 Å². The van der Waals surface area contributed by atoms with Crippen LogP contribution >= 0.6 is 0 Å². The van der Waals surface area contributed by atoms with Crippen molar-refractivity contribution in [1.82, 2.24) is 14.9 Å². The molecule has 0 atom stereocenters. The summed E-state index contributed by atoms with van der Waals surface area (Å²) < 4.78 is 0. The molecule has 5 nitrogen and oxygen atoms in total. The Balaban J connectivity index is 1.30. The van der Waals surface area contributed by atoms with Crippen molar-refractivity contribution in [3.8, 4) is 6.07 Å². The third-order valence-corrected chi connectivity index (χ3v) is 5.47. The fraction of sp³-hybridized carbons (Fsp3) is 0.364. The smallest absolute Gasteiger partial charge is 0.131 e. The maximum atomic E-state index is 9.12. The van der Waals surface area contributed by atoms with E-state index < -0.39 is 0 Å². The van der Waals surface area contributed by atoms with Gasteiger partial charge in [0, 0.05) is 49.5 Å². The van der Waals surface area contributed by atoms with Crippen LogP contribution in [0.3, 0.4) is 0 Å². The van der Waals surface area contributed by atoms with Crippen molar-refractivity contribution < 1.29 is 0 Å². The van der Waals surface area contributed by atoms with Crippen LogP contribution in [0.5, 0.6) is 0 Å². The zero-order valence-electron chi connectivity index (χ0n) is 15.8. The molecule has 2 aromatic heterocycles. The summed E-state index contributed by atoms with van der Waals surface area (Å²) >= 11 is 0. The molecule has 0 unspecified atom stereocenters. The summed E-state index contributed by atoms with van der Waals surface area (Å²) in [4.78, 5) is 12.8. The standard InChI is InChI=1S/C22H25N5/c1-17-4-2-8-24-22(17)27-12-10-26(11-13-27)9-3-5-19-16-25-21-7-6-18(15-23)14-20(19)21/h2,4,6-8,14,16,25H,3,5,9-13H2,1H3. The normalized spacial score (nSPS) is 15.2. The highest BCUT2D eigenvalue weighted by Gasteiger charge is 2.18. The lowest BCUT2D eigenvalue weighted by atomic mass is 10.1. The van der Waals surface area contributed by atoms with Gasteiger partial charge in [-0.2, -0.15) is 5.26 Å². The van der Waals surface area contributed by atoms with Gasteiger partial charge in [-0.3, -0.25) is 4.90 Å². The Bertz CT molecular complexity index is 960. The van der Waals surface area contributed by atoms with Crippen LogP contribution in [0.25, 0.3) is 10.9 Å². The molecule has 1 fully saturated rings. The van der Waals surface area contributed by atoms with Gasteiger partial charge in [0.05, 0.1) is 11.6 Å². The number of hydrogen-bond acceptors (Lipinski definition) is 4. The van der Waals surface area contributed by atoms with Gasteiger partial charge in [-0.15, -0.1) is 0 Å². The van der Waals surface area contributed by atoms with Gasteiger partial charge in [0.15, 0.2) is 0 Å². The Labute approximate surface area is 160 Å². The van der Waals surface area contributed by atoms with E-state index in [1.165, 1.54) is 16.5 Å². The van der Waals surface area contributed by atoms with Crippen molar-refractivity contribution in [1.29, 1.82) is 5.26 Å². The van der Waals surface area contributed by atoms with Crippen molar-refractivity contribution in [2.75, 3.05) is 37.6 Å². The molecule has 0 bridgehead atoms. The highest BCUT2D eigenvalue weighted by atomic mass is 15.3. The molecule has 0 saturated carbocycles. The van der Waals surface area contributed by atoms with E-state index in [0.29, 0.717) is 0 Å². The topological polar surface area (TPSA) is 59.0 Å². The fourth-order valence-corrected chi connectivity index (χ4v) is 3.94. The Kier molecular flexibility index (Phi) is 5.08. The molecule has 5 heteroatoms. The van der Waals surface area contributed by atoms with Gasteiger partial charge >= 0.3 is 0 Å². The zero-order chi connectivity index (χ0) is 18.6. The number of hydrogen-bond donors (Lipinski definition) is 1. The number of aromatic amines is 1. The molecule has 1 aliphatic heterocycles. The minimum absolute atomic E-state index is 0.726. The molecule has 0 radical (unpaired) electrons. The highest BCUT2D eigenvalue weighted by Crippen LogP contribution is 2.22. The van der Waals surface area contributed by atoms with Gasteiger partial charge in [0.1, 0.15) is 5.82 Å². The second-order valence-corrected chi connectivity index (χ2v) is 7.26. The second-order valence-electron chi connectivity index (χ2n) is 7.26. The first-order valence-corrected chi connectivity index (χ1v) is 9.63. The van der Waals surface area contributed by atoms with Crippen LogP contribution in [0.15, 0.2) is 42.7 Å². The van der Waals surface area contributed by atoms with Crippen LogP contribution in [0.4, 0.5) is 5.82 Å². The lowest BCUT2D eigenvalue weighted by Crippen LogP contribution is -2.47. The molecular formula is C22H25N5. The largest absolute Gasteiger partial charge is 0.361 e. The van der Waals surface area contributed by atoms with Crippen molar-refractivity contribution in [3.63, 3.8) is 0 Å². The van der Waals surface area contributed by atoms with Gasteiger partial charge < -0.3 is 9.88 Å². The van der Waals surface area contributed by atoms with Gasteiger partial charge in [-0.1, -0.05) is 6.07 Å². The summed E-state index contributed by atoms with van der Waals surface area (Å²) in [7, 11) is 0. The van der Waals surface area contributed by atoms with E-state index in [2.05, 4.69) is 45.0 Å². The van der Waals surface area contributed by atoms with Gasteiger partial charge in [-0.25, -0.2) is 4.98 Å². The monoisotopic (exact) mass is 359 g/mol. The predicted octanol–water partition coefficient (Wildman–Crippen LogP) is 3.50. The minimum atomic E-state index is 0.726. The average molecular weight is 359 g/mol. The Morgan fingerprint density at radius 2 is 2.04 bits per heavy atom. The van der Waals surface area contributed by atoms with Crippen LogP contribution in [0, 0.1) is 18.3 Å². The van der Waals surface area contributed by atoms with Crippen molar-refractivity contribution in [2.45, 2.75) is 19.8 Å². The second kappa shape index (κ2) is 7.81. The molecule has 27 heavy (non-hydrogen) atoms. The van der Waals surface area contributed by atoms with E-state index in [4.69, 9.17) is 5.26 Å². The van der Waals surface area contributed by atoms with E-state index >= 15 is 0 Å². The number of benzene rings is 1. The summed E-state index contributed by atoms with van der Waals surface area (Å²) in [5.74, 6) is 1.13. The number of fused-ring (bicyclic) bond motifs is 1. The number of H-pyrrole nitrogens is 1. The third kappa shape index (κ3) is 3.81. The SMILES string of the molecule is Cc1cccnc1N1CCN(CCCc2c[nH]c3ccc(C#N)cc23)CC1. The molecule has 1 aromatic carbocycles. The summed E-state index contributed by atoms with van der Waals surface area (Å²) in [6, 6.07) is 12.2. The number of rotatable bonds is 5. The van der Waals surface area contributed by atoms with Crippen LogP contribution in [0.1, 0.15) is 23.1 Å². The lowest BCUT2D eigenvalue weighted by molar-refractivity contribution is 0.254. The van der Waals surface area contributed by atoms with E-state index in [1.54, 1.807) is 0 Å². The first kappa shape index (κ1) is 17.6. The van der Waals surface area contributed by atoms with Crippen molar-refractivity contribution >= 4 is 16.7 Å². The first-order chi connectivity index (χ1) is 13.2. The maximum Gasteiger partial charge on any atom is 0.131 e. The summed E-state index contributed by atoms with van der Waals surface area (Å²) in [6.45, 7) is 7.49. The predicted molar refractivity (Wildman–Crippen MR) is 109 cm³/mol. The number of aryl methyl sites for hydroxylation is 2. The van der Waals surface area contributed by atoms with Crippen LogP contribution < -0.4 is 4.90 Å². The van der Waals surface area contributed by atoms with Crippen molar-refractivity contribution in [2.24, 2.45) is 0 Å². The molecule has 3 aromatic rings. The number of anilines is 1. The first-order valence-electron chi connectivity index (χ1n) is 9.63. The number of nitriles is 1. The number of nitrogens with zero attached hydrogens (tertiary/aromatic N) is 4. The van der Waals surface area contributed by atoms with Crippen molar-refractivity contribution in [3.05, 3.63) is 59.4 Å². The van der Waals surface area contributed by atoms with Crippen LogP contribution in [0.2, 0.25) is 0 Å². The minimum Gasteiger partial charge on any atom is -0.361 e. The molecular weight excluding hydrogens is 334 g/mol. The molecule has 1 aliphatic rings. The Morgan fingerprint density at radius 1 is 1.19 bits per heavy atom. The van der Waals surface area contributed by atoms with E-state index in [9.17, 15) is 0 Å². The number of pyridine rings is 1. The number of aromatic nitrogens is 2. The van der Waals surface area contributed by atoms with E-state index in [-0.39, 0.29) is 0 Å². The van der Waals surface area contributed by atoms with Gasteiger partial charge in [0.2, 0.25) is 0 Å². The van der Waals surface area contributed by atoms with E-state index in [1.807, 2.05) is 30.5 Å². The van der Waals surface area contributed by atoms with Crippen LogP contribution in [-0.4, -0.2) is 47.6 Å². The van der Waals surface area contributed by atoms with Gasteiger partial charge in [0.25, 0.3) is 0 Å². The Morgan fingerprint density at radius 3 is 2.81 bits per heavy atom. The zero-order valence-corrected chi connectivity index (χ0v) is 15.8. The number of piperazine rings is 1. The quantitative estimate of drug-likeness (QED) is 0.757. The summed E-state index contributed by atoms with van der Waals surface area (Å²) in [5.41, 5.74) is 4.40. The average Bonchev–Trinajstić information content (AvgIpc) is 3.11. The molecule has 1 N–H and O–H groups in total. The van der Waals surface area contributed by atoms with E-state index in [0.717, 1.165) is 62.5 Å². The molecule has 138 valence electrons. The highest BCUT2D eigenvalue weighted by molar-refractivity contribution is 5.84. The molecule has 0 amide bonds. The third-order valence-electron chi connectivity index (χ3n) is 5.47. The fourth-order valence-electron chi connectivity index (χ4n) is 3.94. The lowest BCUT2D eigenvalue weighted by Gasteiger charge is -2.36. The molecule has 4 rings (SSSR count). The molecule has 0 aliphatic carbocycles. The summed E-state index contributed by atoms with van der Waals surface area (Å²) in [6.07, 6.45) is 6.14. The Hall–Kier alpha value is -2.84. The maximum absolute atomic E-state index is 9.12. The molecule has 0 spiro atoms. The molecule has 3 heterocycles. The summed E-state index contributed by atoms with van der Waals surface area (Å²) in [5, 5.41) is 10.3. The van der Waals surface area contributed by atoms with Gasteiger partial charge in [-0.05, 0) is 61.7 Å². The number of nitrogens with one attached hydrogen (secondary N) is 1. The molecule has 1 saturated heterocycles.